The van der Waals surface area contributed by atoms with E-state index in [0.717, 1.165) is 18.2 Å². The number of sulfonamides is 1. The number of amides is 1. The SMILES string of the molecule is COc1ccc(N([C@@H](C)C(=O)N2CCc3ccccc3C2)S(C)(=O)=O)cc1. The number of ether oxygens (including phenoxy) is 1. The molecule has 0 bridgehead atoms. The van der Waals surface area contributed by atoms with Gasteiger partial charge in [-0.15, -0.1) is 0 Å². The van der Waals surface area contributed by atoms with Crippen LogP contribution in [-0.4, -0.2) is 45.2 Å². The van der Waals surface area contributed by atoms with E-state index >= 15 is 0 Å². The van der Waals surface area contributed by atoms with Crippen molar-refractivity contribution in [3.05, 3.63) is 59.7 Å². The van der Waals surface area contributed by atoms with Crippen molar-refractivity contribution in [3.63, 3.8) is 0 Å². The molecule has 2 aromatic carbocycles. The van der Waals surface area contributed by atoms with Crippen LogP contribution in [0.1, 0.15) is 18.1 Å². The molecule has 0 unspecified atom stereocenters. The van der Waals surface area contributed by atoms with Gasteiger partial charge in [0.15, 0.2) is 0 Å². The average Bonchev–Trinajstić information content (AvgIpc) is 2.66. The minimum atomic E-state index is -3.64. The molecule has 144 valence electrons. The fraction of sp³-hybridized carbons (Fsp3) is 0.350. The molecule has 2 aromatic rings. The van der Waals surface area contributed by atoms with E-state index in [1.807, 2.05) is 18.2 Å². The molecule has 0 aromatic heterocycles. The van der Waals surface area contributed by atoms with Gasteiger partial charge in [-0.2, -0.15) is 0 Å². The van der Waals surface area contributed by atoms with Crippen molar-refractivity contribution in [2.45, 2.75) is 25.9 Å². The van der Waals surface area contributed by atoms with Gasteiger partial charge < -0.3 is 9.64 Å². The number of fused-ring (bicyclic) bond motifs is 1. The van der Waals surface area contributed by atoms with Crippen molar-refractivity contribution < 1.29 is 17.9 Å². The lowest BCUT2D eigenvalue weighted by Crippen LogP contribution is -2.50. The molecule has 0 spiro atoms. The normalized spacial score (nSPS) is 15.0. The predicted molar refractivity (Wildman–Crippen MR) is 105 cm³/mol. The fourth-order valence-electron chi connectivity index (χ4n) is 3.48. The van der Waals surface area contributed by atoms with Crippen LogP contribution in [0.4, 0.5) is 5.69 Å². The Labute approximate surface area is 160 Å². The van der Waals surface area contributed by atoms with Gasteiger partial charge in [-0.25, -0.2) is 8.42 Å². The Morgan fingerprint density at radius 1 is 1.11 bits per heavy atom. The molecule has 1 heterocycles. The lowest BCUT2D eigenvalue weighted by molar-refractivity contribution is -0.132. The van der Waals surface area contributed by atoms with E-state index in [2.05, 4.69) is 6.07 Å². The summed E-state index contributed by atoms with van der Waals surface area (Å²) in [6.07, 6.45) is 1.89. The largest absolute Gasteiger partial charge is 0.497 e. The molecule has 0 radical (unpaired) electrons. The van der Waals surface area contributed by atoms with Gasteiger partial charge in [0, 0.05) is 13.1 Å². The zero-order valence-electron chi connectivity index (χ0n) is 15.8. The number of nitrogens with zero attached hydrogens (tertiary/aromatic N) is 2. The molecule has 0 aliphatic carbocycles. The highest BCUT2D eigenvalue weighted by Gasteiger charge is 2.33. The van der Waals surface area contributed by atoms with Crippen LogP contribution >= 0.6 is 0 Å². The van der Waals surface area contributed by atoms with Crippen LogP contribution in [0.5, 0.6) is 5.75 Å². The van der Waals surface area contributed by atoms with Crippen molar-refractivity contribution in [2.75, 3.05) is 24.2 Å². The lowest BCUT2D eigenvalue weighted by Gasteiger charge is -2.35. The molecule has 0 fully saturated rings. The first-order chi connectivity index (χ1) is 12.8. The first-order valence-electron chi connectivity index (χ1n) is 8.80. The molecule has 6 nitrogen and oxygen atoms in total. The zero-order chi connectivity index (χ0) is 19.6. The number of hydrogen-bond donors (Lipinski definition) is 0. The molecule has 1 atom stereocenters. The highest BCUT2D eigenvalue weighted by atomic mass is 32.2. The van der Waals surface area contributed by atoms with Gasteiger partial charge >= 0.3 is 0 Å². The zero-order valence-corrected chi connectivity index (χ0v) is 16.6. The Bertz CT molecular complexity index is 925. The van der Waals surface area contributed by atoms with E-state index in [0.29, 0.717) is 24.5 Å². The quantitative estimate of drug-likeness (QED) is 0.789. The first-order valence-corrected chi connectivity index (χ1v) is 10.6. The molecule has 7 heteroatoms. The standard InChI is InChI=1S/C20H24N2O4S/c1-15(20(23)21-13-12-16-6-4-5-7-17(16)14-21)22(27(3,24)25)18-8-10-19(26-2)11-9-18/h4-11,15H,12-14H2,1-3H3/t15-/m0/s1. The number of rotatable bonds is 5. The van der Waals surface area contributed by atoms with Crippen LogP contribution in [0.15, 0.2) is 48.5 Å². The fourth-order valence-corrected chi connectivity index (χ4v) is 4.65. The monoisotopic (exact) mass is 388 g/mol. The summed E-state index contributed by atoms with van der Waals surface area (Å²) in [6.45, 7) is 2.72. The summed E-state index contributed by atoms with van der Waals surface area (Å²) in [5, 5.41) is 0. The highest BCUT2D eigenvalue weighted by Crippen LogP contribution is 2.26. The third-order valence-electron chi connectivity index (χ3n) is 4.84. The maximum absolute atomic E-state index is 13.1. The summed E-state index contributed by atoms with van der Waals surface area (Å²) in [6, 6.07) is 13.9. The number of benzene rings is 2. The first kappa shape index (κ1) is 19.2. The van der Waals surface area contributed by atoms with E-state index in [-0.39, 0.29) is 5.91 Å². The molecule has 27 heavy (non-hydrogen) atoms. The highest BCUT2D eigenvalue weighted by molar-refractivity contribution is 7.92. The van der Waals surface area contributed by atoms with Crippen molar-refractivity contribution >= 4 is 21.6 Å². The Balaban J connectivity index is 1.86. The van der Waals surface area contributed by atoms with E-state index in [1.54, 1.807) is 43.2 Å². The van der Waals surface area contributed by atoms with E-state index < -0.39 is 16.1 Å². The summed E-state index contributed by atoms with van der Waals surface area (Å²) in [5.41, 5.74) is 2.79. The second kappa shape index (κ2) is 7.60. The van der Waals surface area contributed by atoms with Crippen LogP contribution in [0.2, 0.25) is 0 Å². The Morgan fingerprint density at radius 2 is 1.74 bits per heavy atom. The summed E-state index contributed by atoms with van der Waals surface area (Å²) in [4.78, 5) is 14.8. The van der Waals surface area contributed by atoms with E-state index in [1.165, 1.54) is 9.87 Å². The maximum atomic E-state index is 13.1. The Kier molecular flexibility index (Phi) is 5.41. The molecule has 0 saturated heterocycles. The van der Waals surface area contributed by atoms with E-state index in [4.69, 9.17) is 4.74 Å². The second-order valence-electron chi connectivity index (χ2n) is 6.71. The van der Waals surface area contributed by atoms with E-state index in [9.17, 15) is 13.2 Å². The van der Waals surface area contributed by atoms with Crippen LogP contribution < -0.4 is 9.04 Å². The number of hydrogen-bond acceptors (Lipinski definition) is 4. The smallest absolute Gasteiger partial charge is 0.246 e. The van der Waals surface area contributed by atoms with Crippen LogP contribution in [0, 0.1) is 0 Å². The molecule has 0 N–H and O–H groups in total. The van der Waals surface area contributed by atoms with Gasteiger partial charge in [0.25, 0.3) is 0 Å². The third kappa shape index (κ3) is 4.08. The lowest BCUT2D eigenvalue weighted by atomic mass is 9.99. The second-order valence-corrected chi connectivity index (χ2v) is 8.57. The van der Waals surface area contributed by atoms with Crippen molar-refractivity contribution in [3.8, 4) is 5.75 Å². The molecular formula is C20H24N2O4S. The Hall–Kier alpha value is -2.54. The number of carbonyl (C=O) groups excluding carboxylic acids is 1. The van der Waals surface area contributed by atoms with Gasteiger partial charge in [-0.3, -0.25) is 9.10 Å². The number of anilines is 1. The van der Waals surface area contributed by atoms with Crippen molar-refractivity contribution in [2.24, 2.45) is 0 Å². The summed E-state index contributed by atoms with van der Waals surface area (Å²) in [7, 11) is -2.09. The molecule has 1 aliphatic heterocycles. The van der Waals surface area contributed by atoms with Gasteiger partial charge in [-0.1, -0.05) is 24.3 Å². The summed E-state index contributed by atoms with van der Waals surface area (Å²) >= 11 is 0. The van der Waals surface area contributed by atoms with Crippen molar-refractivity contribution in [1.29, 1.82) is 0 Å². The van der Waals surface area contributed by atoms with Gasteiger partial charge in [0.2, 0.25) is 15.9 Å². The molecule has 1 amide bonds. The van der Waals surface area contributed by atoms with Crippen LogP contribution in [-0.2, 0) is 27.8 Å². The van der Waals surface area contributed by atoms with Gasteiger partial charge in [-0.05, 0) is 48.7 Å². The molecular weight excluding hydrogens is 364 g/mol. The predicted octanol–water partition coefficient (Wildman–Crippen LogP) is 2.43. The molecule has 3 rings (SSSR count). The summed E-state index contributed by atoms with van der Waals surface area (Å²) < 4.78 is 31.2. The number of carbonyl (C=O) groups is 1. The minimum Gasteiger partial charge on any atom is -0.497 e. The molecule has 1 aliphatic rings. The van der Waals surface area contributed by atoms with Gasteiger partial charge in [0.1, 0.15) is 11.8 Å². The summed E-state index contributed by atoms with van der Waals surface area (Å²) in [5.74, 6) is 0.421. The maximum Gasteiger partial charge on any atom is 0.246 e. The minimum absolute atomic E-state index is 0.203. The van der Waals surface area contributed by atoms with Crippen LogP contribution in [0.25, 0.3) is 0 Å². The van der Waals surface area contributed by atoms with Crippen molar-refractivity contribution in [1.82, 2.24) is 4.90 Å². The van der Waals surface area contributed by atoms with Gasteiger partial charge in [0.05, 0.1) is 19.1 Å². The molecule has 0 saturated carbocycles. The number of methoxy groups -OCH3 is 1. The Morgan fingerprint density at radius 3 is 2.33 bits per heavy atom. The average molecular weight is 388 g/mol. The van der Waals surface area contributed by atoms with Crippen LogP contribution in [0.3, 0.4) is 0 Å². The topological polar surface area (TPSA) is 66.9 Å². The third-order valence-corrected chi connectivity index (χ3v) is 6.08.